The van der Waals surface area contributed by atoms with E-state index in [-0.39, 0.29) is 5.54 Å². The van der Waals surface area contributed by atoms with Gasteiger partial charge in [0.15, 0.2) is 0 Å². The van der Waals surface area contributed by atoms with Crippen molar-refractivity contribution in [1.82, 2.24) is 10.3 Å². The third-order valence-electron chi connectivity index (χ3n) is 4.39. The summed E-state index contributed by atoms with van der Waals surface area (Å²) in [5.74, 6) is 5.79. The molecule has 1 unspecified atom stereocenters. The minimum atomic E-state index is 0.279. The van der Waals surface area contributed by atoms with Gasteiger partial charge in [-0.15, -0.1) is 0 Å². The number of hydrazine groups is 1. The van der Waals surface area contributed by atoms with Gasteiger partial charge in [0.2, 0.25) is 0 Å². The molecule has 3 N–H and O–H groups in total. The van der Waals surface area contributed by atoms with Crippen LogP contribution in [0.1, 0.15) is 59.3 Å². The van der Waals surface area contributed by atoms with Crippen LogP contribution in [0.25, 0.3) is 0 Å². The van der Waals surface area contributed by atoms with Gasteiger partial charge in [0.05, 0.1) is 0 Å². The Morgan fingerprint density at radius 1 is 1.19 bits per heavy atom. The molecule has 0 bridgehead atoms. The Labute approximate surface area is 101 Å². The van der Waals surface area contributed by atoms with Gasteiger partial charge in [-0.05, 0) is 45.2 Å². The zero-order chi connectivity index (χ0) is 12.0. The molecule has 96 valence electrons. The second kappa shape index (κ2) is 6.58. The van der Waals surface area contributed by atoms with Gasteiger partial charge in [0.25, 0.3) is 0 Å². The van der Waals surface area contributed by atoms with Crippen LogP contribution in [0.2, 0.25) is 0 Å². The van der Waals surface area contributed by atoms with Crippen molar-refractivity contribution >= 4 is 0 Å². The molecule has 0 aromatic heterocycles. The molecule has 1 heterocycles. The van der Waals surface area contributed by atoms with Gasteiger partial charge in [0.1, 0.15) is 0 Å². The fourth-order valence-corrected chi connectivity index (χ4v) is 3.37. The van der Waals surface area contributed by atoms with Crippen molar-refractivity contribution in [3.05, 3.63) is 0 Å². The van der Waals surface area contributed by atoms with Crippen molar-refractivity contribution in [1.29, 1.82) is 0 Å². The summed E-state index contributed by atoms with van der Waals surface area (Å²) in [6.07, 6.45) is 7.46. The Kier molecular flexibility index (Phi) is 5.73. The van der Waals surface area contributed by atoms with E-state index in [1.165, 1.54) is 51.6 Å². The molecule has 1 fully saturated rings. The summed E-state index contributed by atoms with van der Waals surface area (Å²) in [5.41, 5.74) is 3.36. The summed E-state index contributed by atoms with van der Waals surface area (Å²) in [6.45, 7) is 9.36. The third-order valence-corrected chi connectivity index (χ3v) is 4.39. The van der Waals surface area contributed by atoms with Crippen LogP contribution in [-0.2, 0) is 0 Å². The molecule has 0 aromatic carbocycles. The molecule has 0 amide bonds. The molecule has 1 atom stereocenters. The quantitative estimate of drug-likeness (QED) is 0.518. The van der Waals surface area contributed by atoms with Crippen molar-refractivity contribution in [3.8, 4) is 0 Å². The lowest BCUT2D eigenvalue weighted by molar-refractivity contribution is 0.0583. The van der Waals surface area contributed by atoms with Crippen LogP contribution in [-0.4, -0.2) is 29.6 Å². The van der Waals surface area contributed by atoms with E-state index in [1.807, 2.05) is 0 Å². The van der Waals surface area contributed by atoms with Crippen LogP contribution in [0.4, 0.5) is 0 Å². The summed E-state index contributed by atoms with van der Waals surface area (Å²) in [7, 11) is 0. The predicted octanol–water partition coefficient (Wildman–Crippen LogP) is 2.27. The number of nitrogens with two attached hydrogens (primary N) is 1. The summed E-state index contributed by atoms with van der Waals surface area (Å²) in [6, 6.07) is 0.436. The maximum absolute atomic E-state index is 5.79. The van der Waals surface area contributed by atoms with Gasteiger partial charge < -0.3 is 0 Å². The fraction of sp³-hybridized carbons (Fsp3) is 1.00. The second-order valence-electron chi connectivity index (χ2n) is 5.01. The number of nitrogens with one attached hydrogen (secondary N) is 1. The molecule has 0 radical (unpaired) electrons. The van der Waals surface area contributed by atoms with Crippen LogP contribution in [0.15, 0.2) is 0 Å². The Bertz CT molecular complexity index is 184. The fourth-order valence-electron chi connectivity index (χ4n) is 3.37. The van der Waals surface area contributed by atoms with Crippen LogP contribution in [0.5, 0.6) is 0 Å². The van der Waals surface area contributed by atoms with E-state index >= 15 is 0 Å². The Morgan fingerprint density at radius 2 is 1.75 bits per heavy atom. The van der Waals surface area contributed by atoms with Crippen molar-refractivity contribution in [2.75, 3.05) is 13.1 Å². The zero-order valence-corrected chi connectivity index (χ0v) is 11.3. The molecule has 1 rings (SSSR count). The summed E-state index contributed by atoms with van der Waals surface area (Å²) >= 11 is 0. The summed E-state index contributed by atoms with van der Waals surface area (Å²) < 4.78 is 0. The van der Waals surface area contributed by atoms with E-state index in [4.69, 9.17) is 5.84 Å². The van der Waals surface area contributed by atoms with Crippen LogP contribution >= 0.6 is 0 Å². The summed E-state index contributed by atoms with van der Waals surface area (Å²) in [4.78, 5) is 2.67. The molecule has 3 heteroatoms. The maximum atomic E-state index is 5.79. The van der Waals surface area contributed by atoms with Crippen LogP contribution in [0.3, 0.4) is 0 Å². The third kappa shape index (κ3) is 2.58. The number of likely N-dealkylation sites (tertiary alicyclic amines) is 1. The molecule has 16 heavy (non-hydrogen) atoms. The molecule has 1 aliphatic rings. The first kappa shape index (κ1) is 13.9. The molecule has 1 saturated heterocycles. The van der Waals surface area contributed by atoms with Crippen LogP contribution < -0.4 is 11.3 Å². The number of hydrogen-bond donors (Lipinski definition) is 2. The maximum Gasteiger partial charge on any atom is 0.0394 e. The van der Waals surface area contributed by atoms with E-state index < -0.39 is 0 Å². The highest BCUT2D eigenvalue weighted by molar-refractivity contribution is 4.99. The van der Waals surface area contributed by atoms with E-state index in [2.05, 4.69) is 31.1 Å². The molecule has 0 aromatic rings. The lowest BCUT2D eigenvalue weighted by Gasteiger charge is -2.46. The van der Waals surface area contributed by atoms with Gasteiger partial charge >= 0.3 is 0 Å². The largest absolute Gasteiger partial charge is 0.296 e. The predicted molar refractivity (Wildman–Crippen MR) is 70.1 cm³/mol. The standard InChI is InChI=1S/C13H29N3/c1-4-9-12(15-14)13(5-2,6-3)16-10-7-8-11-16/h12,15H,4-11,14H2,1-3H3. The SMILES string of the molecule is CCCC(NN)C(CC)(CC)N1CCCC1. The molecular weight excluding hydrogens is 198 g/mol. The van der Waals surface area contributed by atoms with Crippen molar-refractivity contribution in [2.45, 2.75) is 70.9 Å². The minimum absolute atomic E-state index is 0.279. The smallest absolute Gasteiger partial charge is 0.0394 e. The van der Waals surface area contributed by atoms with Gasteiger partial charge in [-0.25, -0.2) is 0 Å². The van der Waals surface area contributed by atoms with Crippen LogP contribution in [0, 0.1) is 0 Å². The molecular formula is C13H29N3. The van der Waals surface area contributed by atoms with Crippen molar-refractivity contribution in [3.63, 3.8) is 0 Å². The summed E-state index contributed by atoms with van der Waals surface area (Å²) in [5, 5.41) is 0. The molecule has 3 nitrogen and oxygen atoms in total. The normalized spacial score (nSPS) is 20.2. The monoisotopic (exact) mass is 227 g/mol. The highest BCUT2D eigenvalue weighted by Gasteiger charge is 2.40. The van der Waals surface area contributed by atoms with Crippen molar-refractivity contribution < 1.29 is 0 Å². The topological polar surface area (TPSA) is 41.3 Å². The lowest BCUT2D eigenvalue weighted by Crippen LogP contribution is -2.61. The Morgan fingerprint density at radius 3 is 2.12 bits per heavy atom. The Balaban J connectivity index is 2.82. The van der Waals surface area contributed by atoms with Gasteiger partial charge in [-0.2, -0.15) is 0 Å². The molecule has 0 saturated carbocycles. The average molecular weight is 227 g/mol. The van der Waals surface area contributed by atoms with E-state index in [0.717, 1.165) is 0 Å². The number of hydrogen-bond acceptors (Lipinski definition) is 3. The first-order valence-electron chi connectivity index (χ1n) is 6.96. The Hall–Kier alpha value is -0.120. The number of rotatable bonds is 7. The number of nitrogens with zero attached hydrogens (tertiary/aromatic N) is 1. The van der Waals surface area contributed by atoms with Crippen molar-refractivity contribution in [2.24, 2.45) is 5.84 Å². The average Bonchev–Trinajstić information content (AvgIpc) is 2.84. The lowest BCUT2D eigenvalue weighted by atomic mass is 9.81. The van der Waals surface area contributed by atoms with E-state index in [9.17, 15) is 0 Å². The van der Waals surface area contributed by atoms with Gasteiger partial charge in [0, 0.05) is 11.6 Å². The molecule has 0 spiro atoms. The first-order valence-corrected chi connectivity index (χ1v) is 6.96. The molecule has 1 aliphatic heterocycles. The van der Waals surface area contributed by atoms with Gasteiger partial charge in [-0.3, -0.25) is 16.2 Å². The highest BCUT2D eigenvalue weighted by Crippen LogP contribution is 2.33. The first-order chi connectivity index (χ1) is 7.75. The minimum Gasteiger partial charge on any atom is -0.296 e. The highest BCUT2D eigenvalue weighted by atomic mass is 15.3. The van der Waals surface area contributed by atoms with Gasteiger partial charge in [-0.1, -0.05) is 27.2 Å². The molecule has 0 aliphatic carbocycles. The zero-order valence-electron chi connectivity index (χ0n) is 11.3. The van der Waals surface area contributed by atoms with E-state index in [1.54, 1.807) is 0 Å². The van der Waals surface area contributed by atoms with E-state index in [0.29, 0.717) is 6.04 Å². The second-order valence-corrected chi connectivity index (χ2v) is 5.01.